The number of hydrogen-bond acceptors (Lipinski definition) is 8. The zero-order valence-electron chi connectivity index (χ0n) is 22.8. The fraction of sp³-hybridized carbons (Fsp3) is 0.310. The molecule has 0 bridgehead atoms. The van der Waals surface area contributed by atoms with Crippen molar-refractivity contribution in [3.05, 3.63) is 58.7 Å². The highest BCUT2D eigenvalue weighted by molar-refractivity contribution is 6.22. The normalized spacial score (nSPS) is 13.8. The predicted octanol–water partition coefficient (Wildman–Crippen LogP) is 4.10. The Morgan fingerprint density at radius 2 is 1.44 bits per heavy atom. The highest BCUT2D eigenvalue weighted by atomic mass is 16.3. The van der Waals surface area contributed by atoms with Crippen LogP contribution in [0, 0.1) is 29.1 Å². The Labute approximate surface area is 234 Å². The Balaban J connectivity index is 1.53. The summed E-state index contributed by atoms with van der Waals surface area (Å²) in [5.74, 6) is -6.52. The number of fused-ring (bicyclic) bond motifs is 2. The third kappa shape index (κ3) is 5.34. The van der Waals surface area contributed by atoms with Crippen LogP contribution in [-0.2, 0) is 11.3 Å². The number of azo groups is 1. The van der Waals surface area contributed by atoms with E-state index in [0.717, 1.165) is 4.90 Å². The number of rotatable bonds is 8. The first-order chi connectivity index (χ1) is 19.3. The van der Waals surface area contributed by atoms with Crippen LogP contribution in [0.15, 0.2) is 46.6 Å². The summed E-state index contributed by atoms with van der Waals surface area (Å²) in [6, 6.07) is 9.28. The van der Waals surface area contributed by atoms with Crippen LogP contribution in [0.25, 0.3) is 10.8 Å². The van der Waals surface area contributed by atoms with Gasteiger partial charge in [-0.05, 0) is 42.2 Å². The largest absolute Gasteiger partial charge is 0.494 e. The molecule has 0 fully saturated rings. The average Bonchev–Trinajstić information content (AvgIpc) is 3.31. The quantitative estimate of drug-likeness (QED) is 0.179. The van der Waals surface area contributed by atoms with Gasteiger partial charge in [-0.1, -0.05) is 33.8 Å². The average molecular weight is 558 g/mol. The third-order valence-electron chi connectivity index (χ3n) is 6.49. The molecule has 3 aromatic rings. The van der Waals surface area contributed by atoms with Crippen molar-refractivity contribution in [2.75, 3.05) is 6.54 Å². The molecule has 4 rings (SSSR count). The zero-order chi connectivity index (χ0) is 30.2. The molecule has 210 valence electrons. The Morgan fingerprint density at radius 1 is 0.829 bits per heavy atom. The van der Waals surface area contributed by atoms with Gasteiger partial charge in [-0.25, -0.2) is 0 Å². The van der Waals surface area contributed by atoms with Crippen molar-refractivity contribution in [1.82, 2.24) is 9.47 Å². The lowest BCUT2D eigenvalue weighted by molar-refractivity contribution is -0.119. The number of nitrogens with zero attached hydrogens (tertiary/aromatic N) is 5. The van der Waals surface area contributed by atoms with Gasteiger partial charge in [-0.3, -0.25) is 33.4 Å². The summed E-state index contributed by atoms with van der Waals surface area (Å²) in [6.45, 7) is 8.03. The standard InChI is InChI=1S/C29H27N5O7/c1-14(2)12-33-26(38)18-7-5-16(9-20(18)28(33)40)23(35)22(11-30)25(37)32-31-24(36)17-6-8-19-21(10-17)29(41)34(27(19)39)13-15(3)4/h5-10,14-15,22,39,41H,12-13H2,1-4H3/t22-/m1/s1. The van der Waals surface area contributed by atoms with Gasteiger partial charge < -0.3 is 10.2 Å². The van der Waals surface area contributed by atoms with Crippen LogP contribution in [-0.4, -0.2) is 55.6 Å². The molecular formula is C29H27N5O7. The van der Waals surface area contributed by atoms with Gasteiger partial charge in [0.2, 0.25) is 11.8 Å². The van der Waals surface area contributed by atoms with Crippen LogP contribution in [0.4, 0.5) is 0 Å². The van der Waals surface area contributed by atoms with Crippen LogP contribution in [0.2, 0.25) is 0 Å². The minimum atomic E-state index is -1.95. The maximum Gasteiger partial charge on any atom is 0.295 e. The zero-order valence-corrected chi connectivity index (χ0v) is 22.8. The number of amides is 4. The summed E-state index contributed by atoms with van der Waals surface area (Å²) < 4.78 is 1.31. The first-order valence-corrected chi connectivity index (χ1v) is 12.8. The number of carbonyl (C=O) groups excluding carboxylic acids is 5. The Hall–Kier alpha value is -5.18. The summed E-state index contributed by atoms with van der Waals surface area (Å²) in [7, 11) is 0. The van der Waals surface area contributed by atoms with Gasteiger partial charge in [0.25, 0.3) is 23.6 Å². The molecule has 0 spiro atoms. The first-order valence-electron chi connectivity index (χ1n) is 12.8. The topological polar surface area (TPSA) is 182 Å². The van der Waals surface area contributed by atoms with E-state index in [0.29, 0.717) is 11.9 Å². The summed E-state index contributed by atoms with van der Waals surface area (Å²) in [5, 5.41) is 37.6. The van der Waals surface area contributed by atoms with Crippen molar-refractivity contribution in [2.24, 2.45) is 28.0 Å². The number of Topliss-reactive ketones (excluding diaryl/α,β-unsaturated/α-hetero) is 1. The molecule has 1 aliphatic rings. The lowest BCUT2D eigenvalue weighted by atomic mass is 9.95. The number of hydrogen-bond donors (Lipinski definition) is 2. The highest BCUT2D eigenvalue weighted by Crippen LogP contribution is 2.37. The molecule has 2 aromatic carbocycles. The van der Waals surface area contributed by atoms with Crippen molar-refractivity contribution < 1.29 is 34.2 Å². The van der Waals surface area contributed by atoms with E-state index in [-0.39, 0.29) is 57.8 Å². The molecule has 0 unspecified atom stereocenters. The molecule has 0 radical (unpaired) electrons. The highest BCUT2D eigenvalue weighted by Gasteiger charge is 2.37. The number of imide groups is 1. The molecule has 4 amide bonds. The molecule has 2 N–H and O–H groups in total. The van der Waals surface area contributed by atoms with E-state index in [4.69, 9.17) is 0 Å². The Kier molecular flexibility index (Phi) is 7.82. The SMILES string of the molecule is CC(C)CN1C(=O)c2ccc(C(=O)[C@@H](C#N)C(=O)N=NC(=O)c3ccc4c(O)n(CC(C)C)c(O)c4c3)cc2C1=O. The molecule has 0 aliphatic carbocycles. The van der Waals surface area contributed by atoms with Gasteiger partial charge in [-0.2, -0.15) is 5.26 Å². The minimum Gasteiger partial charge on any atom is -0.494 e. The van der Waals surface area contributed by atoms with Gasteiger partial charge in [-0.15, -0.1) is 10.2 Å². The van der Waals surface area contributed by atoms with Crippen LogP contribution < -0.4 is 0 Å². The summed E-state index contributed by atoms with van der Waals surface area (Å²) in [5.41, 5.74) is -0.0921. The fourth-order valence-electron chi connectivity index (χ4n) is 4.56. The number of nitriles is 1. The second-order valence-corrected chi connectivity index (χ2v) is 10.6. The molecule has 0 saturated heterocycles. The van der Waals surface area contributed by atoms with Crippen molar-refractivity contribution in [3.8, 4) is 17.8 Å². The lowest BCUT2D eigenvalue weighted by Gasteiger charge is -2.15. The molecule has 1 aliphatic heterocycles. The monoisotopic (exact) mass is 557 g/mol. The maximum absolute atomic E-state index is 13.0. The van der Waals surface area contributed by atoms with Crippen LogP contribution in [0.5, 0.6) is 11.8 Å². The van der Waals surface area contributed by atoms with E-state index in [1.807, 2.05) is 27.7 Å². The Bertz CT molecular complexity index is 1690. The van der Waals surface area contributed by atoms with E-state index in [1.165, 1.54) is 41.0 Å². The molecule has 2 heterocycles. The molecular weight excluding hydrogens is 530 g/mol. The van der Waals surface area contributed by atoms with Gasteiger partial charge in [0.1, 0.15) is 0 Å². The van der Waals surface area contributed by atoms with Gasteiger partial charge in [0.05, 0.1) is 17.2 Å². The van der Waals surface area contributed by atoms with Crippen molar-refractivity contribution >= 4 is 40.2 Å². The smallest absolute Gasteiger partial charge is 0.295 e. The summed E-state index contributed by atoms with van der Waals surface area (Å²) in [6.07, 6.45) is 0. The van der Waals surface area contributed by atoms with E-state index < -0.39 is 35.3 Å². The van der Waals surface area contributed by atoms with Crippen molar-refractivity contribution in [1.29, 1.82) is 5.26 Å². The third-order valence-corrected chi connectivity index (χ3v) is 6.49. The maximum atomic E-state index is 13.0. The molecule has 1 atom stereocenters. The molecule has 12 heteroatoms. The van der Waals surface area contributed by atoms with Gasteiger partial charge in [0, 0.05) is 35.0 Å². The van der Waals surface area contributed by atoms with Gasteiger partial charge in [0.15, 0.2) is 11.7 Å². The number of aromatic nitrogens is 1. The minimum absolute atomic E-state index is 0.00523. The summed E-state index contributed by atoms with van der Waals surface area (Å²) in [4.78, 5) is 64.6. The number of benzene rings is 2. The number of carbonyl (C=O) groups is 5. The van der Waals surface area contributed by atoms with Crippen molar-refractivity contribution in [2.45, 2.75) is 34.2 Å². The number of ketones is 1. The predicted molar refractivity (Wildman–Crippen MR) is 144 cm³/mol. The second kappa shape index (κ2) is 11.1. The van der Waals surface area contributed by atoms with E-state index in [2.05, 4.69) is 10.2 Å². The molecule has 41 heavy (non-hydrogen) atoms. The first kappa shape index (κ1) is 28.8. The van der Waals surface area contributed by atoms with E-state index in [9.17, 15) is 39.4 Å². The van der Waals surface area contributed by atoms with Crippen LogP contribution >= 0.6 is 0 Å². The molecule has 12 nitrogen and oxygen atoms in total. The summed E-state index contributed by atoms with van der Waals surface area (Å²) >= 11 is 0. The van der Waals surface area contributed by atoms with Crippen LogP contribution in [0.1, 0.15) is 69.1 Å². The fourth-order valence-corrected chi connectivity index (χ4v) is 4.56. The Morgan fingerprint density at radius 3 is 2.07 bits per heavy atom. The second-order valence-electron chi connectivity index (χ2n) is 10.6. The molecule has 0 saturated carbocycles. The molecule has 1 aromatic heterocycles. The van der Waals surface area contributed by atoms with Gasteiger partial charge >= 0.3 is 0 Å². The van der Waals surface area contributed by atoms with Crippen molar-refractivity contribution in [3.63, 3.8) is 0 Å². The number of aromatic hydroxyl groups is 2. The van der Waals surface area contributed by atoms with E-state index >= 15 is 0 Å². The van der Waals surface area contributed by atoms with Crippen LogP contribution in [0.3, 0.4) is 0 Å². The van der Waals surface area contributed by atoms with E-state index in [1.54, 1.807) is 6.07 Å². The lowest BCUT2D eigenvalue weighted by Crippen LogP contribution is -2.33.